The van der Waals surface area contributed by atoms with Crippen LogP contribution in [0.15, 0.2) is 42.5 Å². The number of hydrogen-bond donors (Lipinski definition) is 1. The number of hydrogen-bond acceptors (Lipinski definition) is 3. The molecule has 0 bridgehead atoms. The van der Waals surface area contributed by atoms with Crippen LogP contribution in [0, 0.1) is 11.3 Å². The van der Waals surface area contributed by atoms with Crippen LogP contribution in [0.1, 0.15) is 11.1 Å². The number of nitrogens with zero attached hydrogens (tertiary/aromatic N) is 1. The molecular weight excluding hydrogens is 288 g/mol. The summed E-state index contributed by atoms with van der Waals surface area (Å²) in [7, 11) is 1.54. The van der Waals surface area contributed by atoms with Crippen LogP contribution in [0.25, 0.3) is 0 Å². The molecule has 1 amide bonds. The molecule has 4 nitrogen and oxygen atoms in total. The number of halogens is 1. The van der Waals surface area contributed by atoms with Crippen molar-refractivity contribution in [2.45, 2.75) is 6.42 Å². The Labute approximate surface area is 127 Å². The van der Waals surface area contributed by atoms with E-state index < -0.39 is 0 Å². The number of methoxy groups -OCH3 is 1. The lowest BCUT2D eigenvalue weighted by Gasteiger charge is -2.07. The summed E-state index contributed by atoms with van der Waals surface area (Å²) < 4.78 is 5.06. The van der Waals surface area contributed by atoms with E-state index in [0.717, 1.165) is 5.56 Å². The minimum atomic E-state index is -0.152. The van der Waals surface area contributed by atoms with E-state index in [9.17, 15) is 4.79 Å². The molecule has 1 N–H and O–H groups in total. The van der Waals surface area contributed by atoms with Crippen LogP contribution in [0.2, 0.25) is 5.02 Å². The monoisotopic (exact) mass is 300 g/mol. The van der Waals surface area contributed by atoms with Crippen LogP contribution >= 0.6 is 11.6 Å². The summed E-state index contributed by atoms with van der Waals surface area (Å²) in [6.45, 7) is 0. The number of nitriles is 1. The molecule has 0 saturated heterocycles. The maximum atomic E-state index is 12.0. The molecule has 2 aromatic rings. The average Bonchev–Trinajstić information content (AvgIpc) is 2.48. The lowest BCUT2D eigenvalue weighted by atomic mass is 10.1. The van der Waals surface area contributed by atoms with E-state index in [-0.39, 0.29) is 12.3 Å². The van der Waals surface area contributed by atoms with Crippen LogP contribution in [0.3, 0.4) is 0 Å². The number of ether oxygens (including phenoxy) is 1. The molecule has 0 aliphatic heterocycles. The second-order valence-corrected chi connectivity index (χ2v) is 4.79. The molecule has 0 aliphatic rings. The highest BCUT2D eigenvalue weighted by atomic mass is 35.5. The third-order valence-corrected chi connectivity index (χ3v) is 3.17. The van der Waals surface area contributed by atoms with Crippen molar-refractivity contribution in [1.82, 2.24) is 0 Å². The SMILES string of the molecule is COc1ccc(CC(=O)Nc2ccc(C#N)cc2)cc1Cl. The third kappa shape index (κ3) is 3.98. The van der Waals surface area contributed by atoms with Crippen molar-refractivity contribution in [2.75, 3.05) is 12.4 Å². The first-order valence-electron chi connectivity index (χ1n) is 6.25. The van der Waals surface area contributed by atoms with Crippen molar-refractivity contribution < 1.29 is 9.53 Å². The first-order chi connectivity index (χ1) is 10.1. The normalized spacial score (nSPS) is 9.76. The summed E-state index contributed by atoms with van der Waals surface area (Å²) in [4.78, 5) is 12.0. The molecule has 0 spiro atoms. The molecule has 0 aromatic heterocycles. The summed E-state index contributed by atoms with van der Waals surface area (Å²) in [5.41, 5.74) is 2.00. The molecule has 5 heteroatoms. The van der Waals surface area contributed by atoms with Gasteiger partial charge in [0.2, 0.25) is 5.91 Å². The molecule has 106 valence electrons. The van der Waals surface area contributed by atoms with Crippen molar-refractivity contribution in [3.8, 4) is 11.8 Å². The molecule has 2 rings (SSSR count). The molecule has 21 heavy (non-hydrogen) atoms. The van der Waals surface area contributed by atoms with Crippen LogP contribution in [0.4, 0.5) is 5.69 Å². The fourth-order valence-corrected chi connectivity index (χ4v) is 2.12. The Bertz CT molecular complexity index is 690. The summed E-state index contributed by atoms with van der Waals surface area (Å²) >= 11 is 6.02. The van der Waals surface area contributed by atoms with E-state index in [1.54, 1.807) is 49.6 Å². The van der Waals surface area contributed by atoms with Gasteiger partial charge in [0.25, 0.3) is 0 Å². The molecule has 0 aliphatic carbocycles. The Morgan fingerprint density at radius 2 is 2.00 bits per heavy atom. The fraction of sp³-hybridized carbons (Fsp3) is 0.125. The quantitative estimate of drug-likeness (QED) is 0.941. The first kappa shape index (κ1) is 14.9. The molecule has 0 radical (unpaired) electrons. The second kappa shape index (κ2) is 6.78. The Morgan fingerprint density at radius 1 is 1.29 bits per heavy atom. The van der Waals surface area contributed by atoms with Gasteiger partial charge in [0, 0.05) is 5.69 Å². The average molecular weight is 301 g/mol. The van der Waals surface area contributed by atoms with Crippen molar-refractivity contribution in [2.24, 2.45) is 0 Å². The maximum absolute atomic E-state index is 12.0. The zero-order chi connectivity index (χ0) is 15.2. The van der Waals surface area contributed by atoms with Gasteiger partial charge in [-0.05, 0) is 42.0 Å². The van der Waals surface area contributed by atoms with Gasteiger partial charge in [-0.3, -0.25) is 4.79 Å². The number of carbonyl (C=O) groups is 1. The van der Waals surface area contributed by atoms with Gasteiger partial charge in [-0.1, -0.05) is 17.7 Å². The van der Waals surface area contributed by atoms with Crippen LogP contribution in [-0.4, -0.2) is 13.0 Å². The van der Waals surface area contributed by atoms with Gasteiger partial charge in [0.05, 0.1) is 30.2 Å². The molecule has 0 unspecified atom stereocenters. The Balaban J connectivity index is 2.01. The van der Waals surface area contributed by atoms with Gasteiger partial charge in [-0.15, -0.1) is 0 Å². The largest absolute Gasteiger partial charge is 0.495 e. The third-order valence-electron chi connectivity index (χ3n) is 2.88. The van der Waals surface area contributed by atoms with E-state index in [0.29, 0.717) is 22.0 Å². The molecule has 0 heterocycles. The van der Waals surface area contributed by atoms with E-state index >= 15 is 0 Å². The number of anilines is 1. The number of rotatable bonds is 4. The van der Waals surface area contributed by atoms with Gasteiger partial charge >= 0.3 is 0 Å². The lowest BCUT2D eigenvalue weighted by molar-refractivity contribution is -0.115. The number of benzene rings is 2. The molecule has 0 saturated carbocycles. The van der Waals surface area contributed by atoms with Crippen molar-refractivity contribution >= 4 is 23.2 Å². The highest BCUT2D eigenvalue weighted by Crippen LogP contribution is 2.25. The van der Waals surface area contributed by atoms with Crippen molar-refractivity contribution in [3.05, 3.63) is 58.6 Å². The number of nitrogens with one attached hydrogen (secondary N) is 1. The van der Waals surface area contributed by atoms with Crippen LogP contribution in [0.5, 0.6) is 5.75 Å². The summed E-state index contributed by atoms with van der Waals surface area (Å²) in [5, 5.41) is 12.0. The Hall–Kier alpha value is -2.51. The smallest absolute Gasteiger partial charge is 0.228 e. The maximum Gasteiger partial charge on any atom is 0.228 e. The van der Waals surface area contributed by atoms with Crippen LogP contribution in [-0.2, 0) is 11.2 Å². The Morgan fingerprint density at radius 3 is 2.57 bits per heavy atom. The van der Waals surface area contributed by atoms with Gasteiger partial charge in [0.1, 0.15) is 5.75 Å². The standard InChI is InChI=1S/C16H13ClN2O2/c1-21-15-7-4-12(8-14(15)17)9-16(20)19-13-5-2-11(10-18)3-6-13/h2-8H,9H2,1H3,(H,19,20). The highest BCUT2D eigenvalue weighted by molar-refractivity contribution is 6.32. The Kier molecular flexibility index (Phi) is 4.81. The summed E-state index contributed by atoms with van der Waals surface area (Å²) in [6.07, 6.45) is 0.212. The van der Waals surface area contributed by atoms with Gasteiger partial charge in [-0.2, -0.15) is 5.26 Å². The lowest BCUT2D eigenvalue weighted by Crippen LogP contribution is -2.14. The predicted octanol–water partition coefficient (Wildman–Crippen LogP) is 3.40. The molecular formula is C16H13ClN2O2. The van der Waals surface area contributed by atoms with Crippen LogP contribution < -0.4 is 10.1 Å². The van der Waals surface area contributed by atoms with Crippen molar-refractivity contribution in [3.63, 3.8) is 0 Å². The zero-order valence-electron chi connectivity index (χ0n) is 11.4. The minimum Gasteiger partial charge on any atom is -0.495 e. The van der Waals surface area contributed by atoms with Crippen molar-refractivity contribution in [1.29, 1.82) is 5.26 Å². The fourth-order valence-electron chi connectivity index (χ4n) is 1.84. The van der Waals surface area contributed by atoms with E-state index in [2.05, 4.69) is 5.32 Å². The number of carbonyl (C=O) groups excluding carboxylic acids is 1. The minimum absolute atomic E-state index is 0.152. The van der Waals surface area contributed by atoms with E-state index in [4.69, 9.17) is 21.6 Å². The predicted molar refractivity (Wildman–Crippen MR) is 81.5 cm³/mol. The number of amides is 1. The molecule has 0 atom stereocenters. The molecule has 0 fully saturated rings. The van der Waals surface area contributed by atoms with Gasteiger partial charge in [-0.25, -0.2) is 0 Å². The topological polar surface area (TPSA) is 62.1 Å². The second-order valence-electron chi connectivity index (χ2n) is 4.38. The van der Waals surface area contributed by atoms with Gasteiger partial charge < -0.3 is 10.1 Å². The summed E-state index contributed by atoms with van der Waals surface area (Å²) in [5.74, 6) is 0.425. The highest BCUT2D eigenvalue weighted by Gasteiger charge is 2.07. The summed E-state index contributed by atoms with van der Waals surface area (Å²) in [6, 6.07) is 13.9. The molecule has 2 aromatic carbocycles. The zero-order valence-corrected chi connectivity index (χ0v) is 12.1. The first-order valence-corrected chi connectivity index (χ1v) is 6.62. The van der Waals surface area contributed by atoms with E-state index in [1.807, 2.05) is 6.07 Å². The van der Waals surface area contributed by atoms with Gasteiger partial charge in [0.15, 0.2) is 0 Å². The van der Waals surface area contributed by atoms with E-state index in [1.165, 1.54) is 0 Å².